The Bertz CT molecular complexity index is 1920. The summed E-state index contributed by atoms with van der Waals surface area (Å²) in [7, 11) is 1.59. The molecule has 0 saturated carbocycles. The highest BCUT2D eigenvalue weighted by Crippen LogP contribution is 2.37. The number of piperidine rings is 1. The minimum Gasteiger partial charge on any atom is -0.487 e. The van der Waals surface area contributed by atoms with Crippen LogP contribution >= 0.6 is 72.8 Å². The van der Waals surface area contributed by atoms with E-state index < -0.39 is 5.91 Å². The van der Waals surface area contributed by atoms with Crippen molar-refractivity contribution < 1.29 is 19.1 Å². The molecular weight excluding hydrogens is 803 g/mol. The molecule has 2 aliphatic rings. The summed E-state index contributed by atoms with van der Waals surface area (Å²) in [4.78, 5) is 48.0. The summed E-state index contributed by atoms with van der Waals surface area (Å²) in [6.45, 7) is 4.58. The number of carbonyl (C=O) groups excluding carboxylic acids is 3. The predicted octanol–water partition coefficient (Wildman–Crippen LogP) is 9.03. The molecule has 0 radical (unpaired) electrons. The lowest BCUT2D eigenvalue weighted by Crippen LogP contribution is -2.37. The zero-order valence-electron chi connectivity index (χ0n) is 29.3. The normalized spacial score (nSPS) is 13.8. The number of hydrogen-bond donors (Lipinski definition) is 1. The van der Waals surface area contributed by atoms with Gasteiger partial charge in [0.25, 0.3) is 0 Å². The zero-order chi connectivity index (χ0) is 34.5. The van der Waals surface area contributed by atoms with E-state index in [2.05, 4.69) is 22.3 Å². The van der Waals surface area contributed by atoms with Gasteiger partial charge in [0.05, 0.1) is 17.3 Å². The van der Waals surface area contributed by atoms with Crippen molar-refractivity contribution in [2.45, 2.75) is 45.6 Å². The maximum atomic E-state index is 13.1. The maximum Gasteiger partial charge on any atom is 0.246 e. The second kappa shape index (κ2) is 20.9. The van der Waals surface area contributed by atoms with Crippen LogP contribution in [0.1, 0.15) is 48.9 Å². The van der Waals surface area contributed by atoms with Gasteiger partial charge in [-0.1, -0.05) is 47.5 Å². The van der Waals surface area contributed by atoms with Crippen molar-refractivity contribution in [1.82, 2.24) is 10.3 Å². The molecule has 9 nitrogen and oxygen atoms in total. The van der Waals surface area contributed by atoms with Gasteiger partial charge in [-0.2, -0.15) is 0 Å². The van der Waals surface area contributed by atoms with Crippen LogP contribution in [-0.4, -0.2) is 55.9 Å². The first-order valence-corrected chi connectivity index (χ1v) is 17.3. The molecule has 3 aromatic carbocycles. The summed E-state index contributed by atoms with van der Waals surface area (Å²) in [6.07, 6.45) is 8.05. The maximum absolute atomic E-state index is 13.1. The minimum absolute atomic E-state index is 0. The highest BCUT2D eigenvalue weighted by molar-refractivity contribution is 6.38. The van der Waals surface area contributed by atoms with E-state index in [-0.39, 0.29) is 79.6 Å². The van der Waals surface area contributed by atoms with Crippen LogP contribution in [0.4, 0.5) is 17.1 Å². The van der Waals surface area contributed by atoms with Gasteiger partial charge in [0.1, 0.15) is 17.9 Å². The Balaban J connectivity index is 0.00000243. The monoisotopic (exact) mass is 843 g/mol. The highest BCUT2D eigenvalue weighted by atomic mass is 35.5. The Morgan fingerprint density at radius 2 is 1.66 bits per heavy atom. The molecule has 6 rings (SSSR count). The SMILES string of the molecule is Cc1cc(N2CCCCC2)c2cccc(OCc3c(Cl)ccc(N(C)C(=O)CNC(=O)/C=C/c4ccc(N5CCCC5=O)cc4)c3Cl)c2n1.Cl.Cl.Cl.Cl. The van der Waals surface area contributed by atoms with Crippen molar-refractivity contribution in [3.8, 4) is 5.75 Å². The average Bonchev–Trinajstić information content (AvgIpc) is 3.55. The van der Waals surface area contributed by atoms with Gasteiger partial charge in [-0.25, -0.2) is 4.98 Å². The molecule has 1 N–H and O–H groups in total. The van der Waals surface area contributed by atoms with Crippen LogP contribution < -0.4 is 24.8 Å². The highest BCUT2D eigenvalue weighted by Gasteiger charge is 2.22. The fraction of sp³-hybridized carbons (Fsp3) is 0.316. The third-order valence-electron chi connectivity index (χ3n) is 9.00. The van der Waals surface area contributed by atoms with Crippen LogP contribution in [0.15, 0.2) is 66.7 Å². The number of amides is 3. The Morgan fingerprint density at radius 3 is 2.34 bits per heavy atom. The number of ether oxygens (including phenoxy) is 1. The van der Waals surface area contributed by atoms with Gasteiger partial charge in [-0.15, -0.1) is 49.6 Å². The quantitative estimate of drug-likeness (QED) is 0.160. The minimum atomic E-state index is -0.417. The molecule has 2 saturated heterocycles. The number of aryl methyl sites for hydroxylation is 1. The fourth-order valence-electron chi connectivity index (χ4n) is 6.30. The molecule has 3 amide bonds. The van der Waals surface area contributed by atoms with E-state index in [1.54, 1.807) is 30.2 Å². The first-order chi connectivity index (χ1) is 23.7. The van der Waals surface area contributed by atoms with E-state index in [1.165, 1.54) is 35.9 Å². The third-order valence-corrected chi connectivity index (χ3v) is 9.77. The number of carbonyl (C=O) groups is 3. The Labute approximate surface area is 345 Å². The molecule has 4 aromatic rings. The van der Waals surface area contributed by atoms with Gasteiger partial charge >= 0.3 is 0 Å². The summed E-state index contributed by atoms with van der Waals surface area (Å²) in [5.41, 5.74) is 5.47. The van der Waals surface area contributed by atoms with Gasteiger partial charge < -0.3 is 24.8 Å². The van der Waals surface area contributed by atoms with Gasteiger partial charge in [-0.05, 0) is 80.6 Å². The van der Waals surface area contributed by atoms with E-state index in [1.807, 2.05) is 43.3 Å². The predicted molar refractivity (Wildman–Crippen MR) is 226 cm³/mol. The smallest absolute Gasteiger partial charge is 0.246 e. The molecule has 15 heteroatoms. The number of rotatable bonds is 10. The first kappa shape index (κ1) is 45.7. The van der Waals surface area contributed by atoms with Crippen molar-refractivity contribution >= 4 is 125 Å². The van der Waals surface area contributed by atoms with Gasteiger partial charge in [-0.3, -0.25) is 14.4 Å². The molecule has 0 aliphatic carbocycles. The number of likely N-dealkylation sites (N-methyl/N-ethyl adjacent to an activating group) is 1. The van der Waals surface area contributed by atoms with Crippen molar-refractivity contribution in [2.75, 3.05) is 47.9 Å². The topological polar surface area (TPSA) is 95.1 Å². The second-order valence-electron chi connectivity index (χ2n) is 12.4. The van der Waals surface area contributed by atoms with Crippen molar-refractivity contribution in [3.63, 3.8) is 0 Å². The lowest BCUT2D eigenvalue weighted by molar-refractivity contribution is -0.122. The molecule has 53 heavy (non-hydrogen) atoms. The molecule has 0 spiro atoms. The summed E-state index contributed by atoms with van der Waals surface area (Å²) >= 11 is 13.4. The summed E-state index contributed by atoms with van der Waals surface area (Å²) in [6, 6.07) is 18.8. The molecule has 286 valence electrons. The molecule has 2 fully saturated rings. The number of anilines is 3. The largest absolute Gasteiger partial charge is 0.487 e. The molecule has 0 atom stereocenters. The van der Waals surface area contributed by atoms with E-state index in [0.29, 0.717) is 28.4 Å². The Hall–Kier alpha value is -3.44. The lowest BCUT2D eigenvalue weighted by Gasteiger charge is -2.30. The van der Waals surface area contributed by atoms with Crippen molar-refractivity contribution in [2.24, 2.45) is 0 Å². The number of hydrogen-bond acceptors (Lipinski definition) is 6. The molecule has 0 bridgehead atoms. The van der Waals surface area contributed by atoms with E-state index in [4.69, 9.17) is 32.9 Å². The number of nitrogens with zero attached hydrogens (tertiary/aromatic N) is 4. The number of benzene rings is 3. The number of fused-ring (bicyclic) bond motifs is 1. The number of nitrogens with one attached hydrogen (secondary N) is 1. The van der Waals surface area contributed by atoms with Crippen LogP contribution in [0.2, 0.25) is 10.0 Å². The van der Waals surface area contributed by atoms with Crippen LogP contribution in [0.3, 0.4) is 0 Å². The number of para-hydroxylation sites is 1. The molecule has 0 unspecified atom stereocenters. The van der Waals surface area contributed by atoms with Crippen LogP contribution in [-0.2, 0) is 21.0 Å². The van der Waals surface area contributed by atoms with Gasteiger partial charge in [0.2, 0.25) is 17.7 Å². The van der Waals surface area contributed by atoms with E-state index in [0.717, 1.165) is 53.9 Å². The number of aromatic nitrogens is 1. The average molecular weight is 847 g/mol. The molecule has 3 heterocycles. The van der Waals surface area contributed by atoms with Crippen molar-refractivity contribution in [1.29, 1.82) is 0 Å². The van der Waals surface area contributed by atoms with Gasteiger partial charge in [0, 0.05) is 72.2 Å². The molecule has 1 aromatic heterocycles. The second-order valence-corrected chi connectivity index (χ2v) is 13.2. The molecular formula is C38H43Cl6N5O4. The van der Waals surface area contributed by atoms with Crippen LogP contribution in [0.25, 0.3) is 17.0 Å². The van der Waals surface area contributed by atoms with Crippen LogP contribution in [0.5, 0.6) is 5.75 Å². The fourth-order valence-corrected chi connectivity index (χ4v) is 6.91. The third kappa shape index (κ3) is 10.8. The summed E-state index contributed by atoms with van der Waals surface area (Å²) < 4.78 is 6.30. The number of pyridine rings is 1. The summed E-state index contributed by atoms with van der Waals surface area (Å²) in [5.74, 6) is -0.0395. The first-order valence-electron chi connectivity index (χ1n) is 16.6. The zero-order valence-corrected chi connectivity index (χ0v) is 34.1. The van der Waals surface area contributed by atoms with Crippen molar-refractivity contribution in [3.05, 3.63) is 93.6 Å². The van der Waals surface area contributed by atoms with Gasteiger partial charge in [0.15, 0.2) is 0 Å². The lowest BCUT2D eigenvalue weighted by atomic mass is 10.1. The Kier molecular flexibility index (Phi) is 18.0. The van der Waals surface area contributed by atoms with E-state index in [9.17, 15) is 14.4 Å². The van der Waals surface area contributed by atoms with Crippen LogP contribution in [0, 0.1) is 6.92 Å². The van der Waals surface area contributed by atoms with E-state index >= 15 is 0 Å². The molecule has 2 aliphatic heterocycles. The number of halogens is 6. The standard InChI is InChI=1S/C38H39Cl2N5O4.4ClH/c1-25-22-32(44-19-4-3-5-20-44)28-8-6-9-33(38(28)42-25)49-24-29-30(39)16-17-31(37(29)40)43(2)36(48)23-41-34(46)18-13-26-11-14-27(15-12-26)45-21-7-10-35(45)47;;;;/h6,8-9,11-18,22H,3-5,7,10,19-21,23-24H2,1-2H3,(H,41,46);4*1H/b18-13+;;;;. The Morgan fingerprint density at radius 1 is 0.943 bits per heavy atom. The summed E-state index contributed by atoms with van der Waals surface area (Å²) in [5, 5.41) is 4.36.